The van der Waals surface area contributed by atoms with Gasteiger partial charge in [0.2, 0.25) is 0 Å². The van der Waals surface area contributed by atoms with Gasteiger partial charge in [-0.25, -0.2) is 8.78 Å². The largest absolute Gasteiger partial charge is 0.481 e. The van der Waals surface area contributed by atoms with Gasteiger partial charge in [-0.2, -0.15) is 0 Å². The Morgan fingerprint density at radius 2 is 1.95 bits per heavy atom. The van der Waals surface area contributed by atoms with Gasteiger partial charge in [0.1, 0.15) is 0 Å². The summed E-state index contributed by atoms with van der Waals surface area (Å²) >= 11 is 5.67. The van der Waals surface area contributed by atoms with Gasteiger partial charge in [0.05, 0.1) is 10.6 Å². The molecule has 1 atom stereocenters. The summed E-state index contributed by atoms with van der Waals surface area (Å²) in [5.41, 5.74) is -0.184. The Bertz CT molecular complexity index is 523. The number of carbonyl (C=O) groups is 2. The summed E-state index contributed by atoms with van der Waals surface area (Å²) in [5, 5.41) is 10.9. The zero-order valence-electron chi connectivity index (χ0n) is 10.8. The molecule has 1 aromatic carbocycles. The third kappa shape index (κ3) is 4.45. The van der Waals surface area contributed by atoms with Crippen molar-refractivity contribution >= 4 is 23.5 Å². The Hall–Kier alpha value is -1.69. The van der Waals surface area contributed by atoms with Crippen molar-refractivity contribution in [2.24, 2.45) is 5.92 Å². The second kappa shape index (κ2) is 7.19. The van der Waals surface area contributed by atoms with Crippen LogP contribution in [0.25, 0.3) is 0 Å². The number of hydrogen-bond acceptors (Lipinski definition) is 2. The summed E-state index contributed by atoms with van der Waals surface area (Å²) in [6.07, 6.45) is 0.486. The van der Waals surface area contributed by atoms with Crippen LogP contribution >= 0.6 is 11.6 Å². The number of carbonyl (C=O) groups excluding carboxylic acids is 1. The summed E-state index contributed by atoms with van der Waals surface area (Å²) in [6, 6.07) is 1.44. The smallest absolute Gasteiger partial charge is 0.303 e. The molecule has 1 unspecified atom stereocenters. The molecule has 0 spiro atoms. The first-order valence-electron chi connectivity index (χ1n) is 5.99. The molecular formula is C13H14ClF2NO3. The Morgan fingerprint density at radius 1 is 1.35 bits per heavy atom. The van der Waals surface area contributed by atoms with Crippen LogP contribution in [0.3, 0.4) is 0 Å². The molecule has 0 saturated carbocycles. The van der Waals surface area contributed by atoms with Crippen molar-refractivity contribution in [2.75, 3.05) is 6.54 Å². The summed E-state index contributed by atoms with van der Waals surface area (Å²) in [5.74, 6) is -4.17. The maximum Gasteiger partial charge on any atom is 0.303 e. The lowest BCUT2D eigenvalue weighted by Crippen LogP contribution is -2.30. The fourth-order valence-corrected chi connectivity index (χ4v) is 1.87. The van der Waals surface area contributed by atoms with Crippen molar-refractivity contribution in [2.45, 2.75) is 19.8 Å². The van der Waals surface area contributed by atoms with Gasteiger partial charge < -0.3 is 10.4 Å². The van der Waals surface area contributed by atoms with Crippen LogP contribution in [0.5, 0.6) is 0 Å². The number of carboxylic acid groups (broad SMARTS) is 1. The molecule has 0 saturated heterocycles. The number of nitrogens with one attached hydrogen (secondary N) is 1. The van der Waals surface area contributed by atoms with E-state index in [0.717, 1.165) is 6.07 Å². The van der Waals surface area contributed by atoms with E-state index in [9.17, 15) is 18.4 Å². The Kier molecular flexibility index (Phi) is 5.88. The molecule has 0 bridgehead atoms. The van der Waals surface area contributed by atoms with Gasteiger partial charge in [0.15, 0.2) is 11.6 Å². The van der Waals surface area contributed by atoms with E-state index >= 15 is 0 Å². The van der Waals surface area contributed by atoms with Gasteiger partial charge in [-0.1, -0.05) is 24.9 Å². The molecule has 20 heavy (non-hydrogen) atoms. The van der Waals surface area contributed by atoms with E-state index in [4.69, 9.17) is 16.7 Å². The molecule has 4 nitrogen and oxygen atoms in total. The quantitative estimate of drug-likeness (QED) is 0.794. The summed E-state index contributed by atoms with van der Waals surface area (Å²) in [7, 11) is 0. The van der Waals surface area contributed by atoms with Crippen molar-refractivity contribution in [1.82, 2.24) is 5.32 Å². The van der Waals surface area contributed by atoms with E-state index in [-0.39, 0.29) is 29.5 Å². The number of halogens is 3. The number of hydrogen-bond donors (Lipinski definition) is 2. The summed E-state index contributed by atoms with van der Waals surface area (Å²) in [6.45, 7) is 1.92. The molecule has 0 heterocycles. The van der Waals surface area contributed by atoms with E-state index in [0.29, 0.717) is 12.5 Å². The molecule has 1 rings (SSSR count). The van der Waals surface area contributed by atoms with Crippen LogP contribution in [0.4, 0.5) is 8.78 Å². The Balaban J connectivity index is 2.72. The summed E-state index contributed by atoms with van der Waals surface area (Å²) < 4.78 is 25.9. The molecular weight excluding hydrogens is 292 g/mol. The predicted octanol–water partition coefficient (Wildman–Crippen LogP) is 2.85. The second-order valence-electron chi connectivity index (χ2n) is 4.33. The average Bonchev–Trinajstić information content (AvgIpc) is 2.37. The molecule has 0 fully saturated rings. The van der Waals surface area contributed by atoms with Crippen LogP contribution in [-0.4, -0.2) is 23.5 Å². The number of carboxylic acids is 1. The minimum atomic E-state index is -1.17. The lowest BCUT2D eigenvalue weighted by atomic mass is 10.0. The van der Waals surface area contributed by atoms with Crippen LogP contribution in [0.15, 0.2) is 12.1 Å². The zero-order chi connectivity index (χ0) is 15.3. The predicted molar refractivity (Wildman–Crippen MR) is 69.7 cm³/mol. The first kappa shape index (κ1) is 16.4. The molecule has 1 aromatic rings. The molecule has 1 amide bonds. The minimum Gasteiger partial charge on any atom is -0.481 e. The SMILES string of the molecule is CCC(CNC(=O)c1cc(F)c(F)cc1Cl)CC(=O)O. The molecule has 2 N–H and O–H groups in total. The van der Waals surface area contributed by atoms with Crippen LogP contribution in [0, 0.1) is 17.6 Å². The molecule has 0 aromatic heterocycles. The summed E-state index contributed by atoms with van der Waals surface area (Å²) in [4.78, 5) is 22.4. The third-order valence-electron chi connectivity index (χ3n) is 2.85. The van der Waals surface area contributed by atoms with Gasteiger partial charge in [-0.15, -0.1) is 0 Å². The van der Waals surface area contributed by atoms with Gasteiger partial charge in [0.25, 0.3) is 5.91 Å². The van der Waals surface area contributed by atoms with Crippen molar-refractivity contribution in [3.05, 3.63) is 34.4 Å². The van der Waals surface area contributed by atoms with Gasteiger partial charge in [-0.05, 0) is 18.1 Å². The van der Waals surface area contributed by atoms with E-state index in [1.165, 1.54) is 0 Å². The molecule has 0 aliphatic carbocycles. The number of benzene rings is 1. The lowest BCUT2D eigenvalue weighted by Gasteiger charge is -2.14. The highest BCUT2D eigenvalue weighted by Gasteiger charge is 2.17. The Labute approximate surface area is 119 Å². The van der Waals surface area contributed by atoms with Gasteiger partial charge >= 0.3 is 5.97 Å². The lowest BCUT2D eigenvalue weighted by molar-refractivity contribution is -0.138. The molecule has 110 valence electrons. The molecule has 7 heteroatoms. The highest BCUT2D eigenvalue weighted by atomic mass is 35.5. The third-order valence-corrected chi connectivity index (χ3v) is 3.16. The fraction of sp³-hybridized carbons (Fsp3) is 0.385. The van der Waals surface area contributed by atoms with Crippen LogP contribution in [0.2, 0.25) is 5.02 Å². The zero-order valence-corrected chi connectivity index (χ0v) is 11.5. The number of aliphatic carboxylic acids is 1. The standard InChI is InChI=1S/C13H14ClF2NO3/c1-2-7(3-12(18)19)6-17-13(20)8-4-10(15)11(16)5-9(8)14/h4-5,7H,2-3,6H2,1H3,(H,17,20)(H,18,19). The number of rotatable bonds is 6. The highest BCUT2D eigenvalue weighted by molar-refractivity contribution is 6.33. The van der Waals surface area contributed by atoms with E-state index < -0.39 is 23.5 Å². The van der Waals surface area contributed by atoms with Crippen LogP contribution in [-0.2, 0) is 4.79 Å². The Morgan fingerprint density at radius 3 is 2.50 bits per heavy atom. The first-order valence-corrected chi connectivity index (χ1v) is 6.37. The fourth-order valence-electron chi connectivity index (χ4n) is 1.64. The van der Waals surface area contributed by atoms with E-state index in [1.807, 2.05) is 0 Å². The van der Waals surface area contributed by atoms with Crippen LogP contribution in [0.1, 0.15) is 30.1 Å². The van der Waals surface area contributed by atoms with E-state index in [1.54, 1.807) is 6.92 Å². The normalized spacial score (nSPS) is 12.0. The average molecular weight is 306 g/mol. The maximum absolute atomic E-state index is 13.1. The molecule has 0 aliphatic rings. The first-order chi connectivity index (χ1) is 9.35. The van der Waals surface area contributed by atoms with Crippen molar-refractivity contribution in [3.8, 4) is 0 Å². The van der Waals surface area contributed by atoms with Crippen molar-refractivity contribution in [1.29, 1.82) is 0 Å². The van der Waals surface area contributed by atoms with Crippen molar-refractivity contribution in [3.63, 3.8) is 0 Å². The maximum atomic E-state index is 13.1. The van der Waals surface area contributed by atoms with Crippen LogP contribution < -0.4 is 5.32 Å². The van der Waals surface area contributed by atoms with Gasteiger partial charge in [-0.3, -0.25) is 9.59 Å². The van der Waals surface area contributed by atoms with Gasteiger partial charge in [0, 0.05) is 13.0 Å². The van der Waals surface area contributed by atoms with E-state index in [2.05, 4.69) is 5.32 Å². The monoisotopic (exact) mass is 305 g/mol. The topological polar surface area (TPSA) is 66.4 Å². The second-order valence-corrected chi connectivity index (χ2v) is 4.74. The minimum absolute atomic E-state index is 0.0811. The molecule has 0 aliphatic heterocycles. The number of amides is 1. The van der Waals surface area contributed by atoms with Crippen molar-refractivity contribution < 1.29 is 23.5 Å². The highest BCUT2D eigenvalue weighted by Crippen LogP contribution is 2.20. The molecule has 0 radical (unpaired) electrons.